The Morgan fingerprint density at radius 3 is 2.69 bits per heavy atom. The fraction of sp³-hybridized carbons (Fsp3) is 0.474. The Labute approximate surface area is 167 Å². The monoisotopic (exact) mass is 422 g/mol. The molecule has 4 rings (SSSR count). The fourth-order valence-corrected chi connectivity index (χ4v) is 5.52. The van der Waals surface area contributed by atoms with Crippen molar-refractivity contribution < 1.29 is 23.1 Å². The summed E-state index contributed by atoms with van der Waals surface area (Å²) in [5.74, 6) is -0.893. The number of nitrogens with zero attached hydrogens (tertiary/aromatic N) is 1. The predicted octanol–water partition coefficient (Wildman–Crippen LogP) is 2.48. The first-order valence-corrected chi connectivity index (χ1v) is 11.1. The highest BCUT2D eigenvalue weighted by Gasteiger charge is 2.49. The number of hydrogen-bond donors (Lipinski definition) is 1. The Balaban J connectivity index is 1.63. The summed E-state index contributed by atoms with van der Waals surface area (Å²) in [7, 11) is -3.58. The van der Waals surface area contributed by atoms with Crippen molar-refractivity contribution in [3.8, 4) is 0 Å². The molecular weight excluding hydrogens is 399 g/mol. The Morgan fingerprint density at radius 1 is 1.21 bits per heavy atom. The topological polar surface area (TPSA) is 109 Å². The lowest BCUT2D eigenvalue weighted by molar-refractivity contribution is -0.0504. The third-order valence-corrected chi connectivity index (χ3v) is 7.16. The molecule has 2 aliphatic heterocycles. The largest absolute Gasteiger partial charge is 0.363 e. The molecular formula is C19H23N2O7P. The van der Waals surface area contributed by atoms with E-state index in [0.717, 1.165) is 0 Å². The van der Waals surface area contributed by atoms with Gasteiger partial charge in [-0.1, -0.05) is 30.3 Å². The molecule has 2 aromatic rings. The van der Waals surface area contributed by atoms with Gasteiger partial charge in [0.15, 0.2) is 5.85 Å². The van der Waals surface area contributed by atoms with Crippen LogP contribution in [0.4, 0.5) is 0 Å². The number of aromatic amines is 1. The molecule has 29 heavy (non-hydrogen) atoms. The Hall–Kier alpha value is -2.03. The minimum atomic E-state index is -3.58. The maximum absolute atomic E-state index is 13.4. The van der Waals surface area contributed by atoms with Crippen molar-refractivity contribution in [2.75, 3.05) is 13.2 Å². The molecule has 2 aliphatic rings. The van der Waals surface area contributed by atoms with Gasteiger partial charge in [-0.15, -0.1) is 0 Å². The lowest BCUT2D eigenvalue weighted by Gasteiger charge is -2.26. The molecule has 9 nitrogen and oxygen atoms in total. The Kier molecular flexibility index (Phi) is 5.59. The van der Waals surface area contributed by atoms with Crippen LogP contribution in [0, 0.1) is 6.92 Å². The van der Waals surface area contributed by atoms with Crippen LogP contribution >= 0.6 is 7.60 Å². The summed E-state index contributed by atoms with van der Waals surface area (Å²) < 4.78 is 38.1. The first kappa shape index (κ1) is 20.3. The molecule has 0 amide bonds. The van der Waals surface area contributed by atoms with E-state index in [0.29, 0.717) is 17.5 Å². The summed E-state index contributed by atoms with van der Waals surface area (Å²) in [6, 6.07) is 9.13. The number of H-pyrrole nitrogens is 1. The lowest BCUT2D eigenvalue weighted by Crippen LogP contribution is -2.33. The first-order valence-electron chi connectivity index (χ1n) is 9.48. The van der Waals surface area contributed by atoms with E-state index in [1.807, 2.05) is 30.3 Å². The van der Waals surface area contributed by atoms with Gasteiger partial charge in [0.1, 0.15) is 12.3 Å². The van der Waals surface area contributed by atoms with Crippen LogP contribution in [-0.4, -0.2) is 35.0 Å². The van der Waals surface area contributed by atoms with E-state index in [1.165, 1.54) is 10.8 Å². The van der Waals surface area contributed by atoms with Crippen molar-refractivity contribution in [2.45, 2.75) is 44.5 Å². The molecule has 0 radical (unpaired) electrons. The second kappa shape index (κ2) is 8.01. The van der Waals surface area contributed by atoms with Crippen LogP contribution in [0.5, 0.6) is 0 Å². The highest BCUT2D eigenvalue weighted by Crippen LogP contribution is 2.64. The van der Waals surface area contributed by atoms with Crippen LogP contribution in [0.15, 0.2) is 46.1 Å². The molecule has 1 N–H and O–H groups in total. The van der Waals surface area contributed by atoms with Gasteiger partial charge >= 0.3 is 13.3 Å². The Bertz CT molecular complexity index is 1030. The van der Waals surface area contributed by atoms with Crippen molar-refractivity contribution >= 4 is 7.60 Å². The number of aromatic nitrogens is 2. The summed E-state index contributed by atoms with van der Waals surface area (Å²) in [5, 5.41) is 0. The summed E-state index contributed by atoms with van der Waals surface area (Å²) in [6.07, 6.45) is 0.201. The maximum Gasteiger partial charge on any atom is 0.363 e. The van der Waals surface area contributed by atoms with E-state index < -0.39 is 43.1 Å². The van der Waals surface area contributed by atoms with Crippen molar-refractivity contribution in [1.82, 2.24) is 9.55 Å². The van der Waals surface area contributed by atoms with Gasteiger partial charge in [-0.3, -0.25) is 18.9 Å². The van der Waals surface area contributed by atoms with Crippen molar-refractivity contribution in [3.63, 3.8) is 0 Å². The third-order valence-electron chi connectivity index (χ3n) is 5.04. The van der Waals surface area contributed by atoms with Gasteiger partial charge in [0.25, 0.3) is 5.56 Å². The van der Waals surface area contributed by atoms with Gasteiger partial charge in [0, 0.05) is 18.2 Å². The van der Waals surface area contributed by atoms with E-state index >= 15 is 0 Å². The van der Waals surface area contributed by atoms with Crippen molar-refractivity contribution in [1.29, 1.82) is 0 Å². The molecule has 10 heteroatoms. The summed E-state index contributed by atoms with van der Waals surface area (Å²) >= 11 is 0. The average molecular weight is 422 g/mol. The molecule has 1 aromatic carbocycles. The average Bonchev–Trinajstić information content (AvgIpc) is 3.05. The van der Waals surface area contributed by atoms with Crippen molar-refractivity contribution in [3.05, 3.63) is 68.5 Å². The van der Waals surface area contributed by atoms with Crippen LogP contribution in [0.1, 0.15) is 36.5 Å². The van der Waals surface area contributed by atoms with Gasteiger partial charge in [0.2, 0.25) is 0 Å². The molecule has 0 spiro atoms. The molecule has 1 aromatic heterocycles. The number of benzene rings is 1. The number of hydrogen-bond acceptors (Lipinski definition) is 7. The van der Waals surface area contributed by atoms with Crippen LogP contribution in [0.2, 0.25) is 0 Å². The second-order valence-corrected chi connectivity index (χ2v) is 9.10. The van der Waals surface area contributed by atoms with E-state index in [9.17, 15) is 14.2 Å². The molecule has 1 unspecified atom stereocenters. The predicted molar refractivity (Wildman–Crippen MR) is 104 cm³/mol. The SMILES string of the molecule is CCOP1(=O)OC[C@H]2O[C@@H](n3cc(C)c(=O)[nH]c3=O)C[C@H]2O[C@@H]1c1ccccc1. The number of rotatable bonds is 4. The standard InChI is InChI=1S/C19H23N2O7P/c1-3-25-29(24)18(13-7-5-4-6-8-13)28-14-9-16(27-15(14)11-26-29)21-10-12(2)17(22)20-19(21)23/h4-8,10,14-16,18H,3,9,11H2,1-2H3,(H,20,22,23)/t14-,15-,16-,18+,29?/m1/s1. The van der Waals surface area contributed by atoms with Crippen LogP contribution < -0.4 is 11.2 Å². The van der Waals surface area contributed by atoms with Gasteiger partial charge in [-0.2, -0.15) is 0 Å². The zero-order chi connectivity index (χ0) is 20.6. The normalized spacial score (nSPS) is 31.9. The molecule has 0 bridgehead atoms. The molecule has 156 valence electrons. The minimum Gasteiger partial charge on any atom is -0.355 e. The zero-order valence-corrected chi connectivity index (χ0v) is 17.0. The molecule has 5 atom stereocenters. The molecule has 0 saturated carbocycles. The molecule has 2 fully saturated rings. The quantitative estimate of drug-likeness (QED) is 0.754. The van der Waals surface area contributed by atoms with Gasteiger partial charge in [-0.25, -0.2) is 4.79 Å². The van der Waals surface area contributed by atoms with Gasteiger partial charge in [0.05, 0.1) is 19.3 Å². The van der Waals surface area contributed by atoms with E-state index in [2.05, 4.69) is 4.98 Å². The third kappa shape index (κ3) is 3.89. The van der Waals surface area contributed by atoms with Crippen LogP contribution in [-0.2, 0) is 23.1 Å². The number of fused-ring (bicyclic) bond motifs is 1. The van der Waals surface area contributed by atoms with Crippen LogP contribution in [0.3, 0.4) is 0 Å². The number of nitrogens with one attached hydrogen (secondary N) is 1. The fourth-order valence-electron chi connectivity index (χ4n) is 3.61. The van der Waals surface area contributed by atoms with E-state index in [4.69, 9.17) is 18.5 Å². The van der Waals surface area contributed by atoms with Gasteiger partial charge < -0.3 is 18.5 Å². The first-order chi connectivity index (χ1) is 13.9. The van der Waals surface area contributed by atoms with Crippen molar-refractivity contribution in [2.24, 2.45) is 0 Å². The van der Waals surface area contributed by atoms with E-state index in [1.54, 1.807) is 13.8 Å². The summed E-state index contributed by atoms with van der Waals surface area (Å²) in [4.78, 5) is 26.1. The maximum atomic E-state index is 13.4. The zero-order valence-electron chi connectivity index (χ0n) is 16.1. The highest BCUT2D eigenvalue weighted by atomic mass is 31.2. The molecule has 2 saturated heterocycles. The second-order valence-electron chi connectivity index (χ2n) is 7.03. The Morgan fingerprint density at radius 2 is 1.97 bits per heavy atom. The minimum absolute atomic E-state index is 0.0128. The van der Waals surface area contributed by atoms with Crippen LogP contribution in [0.25, 0.3) is 0 Å². The lowest BCUT2D eigenvalue weighted by atomic mass is 10.1. The van der Waals surface area contributed by atoms with Gasteiger partial charge in [-0.05, 0) is 19.4 Å². The smallest absolute Gasteiger partial charge is 0.355 e. The molecule has 0 aliphatic carbocycles. The number of aryl methyl sites for hydroxylation is 1. The van der Waals surface area contributed by atoms with E-state index in [-0.39, 0.29) is 13.2 Å². The summed E-state index contributed by atoms with van der Waals surface area (Å²) in [6.45, 7) is 3.59. The summed E-state index contributed by atoms with van der Waals surface area (Å²) in [5.41, 5.74) is 0.105. The highest BCUT2D eigenvalue weighted by molar-refractivity contribution is 7.54. The number of ether oxygens (including phenoxy) is 2. The molecule has 3 heterocycles.